The van der Waals surface area contributed by atoms with Gasteiger partial charge < -0.3 is 14.8 Å². The highest BCUT2D eigenvalue weighted by molar-refractivity contribution is 5.75. The van der Waals surface area contributed by atoms with Crippen LogP contribution in [0.1, 0.15) is 53.4 Å². The van der Waals surface area contributed by atoms with E-state index in [1.165, 1.54) is 12.8 Å². The third kappa shape index (κ3) is 11.0. The largest absolute Gasteiger partial charge is 0.380 e. The lowest BCUT2D eigenvalue weighted by atomic mass is 10.2. The van der Waals surface area contributed by atoms with Crippen LogP contribution in [0.3, 0.4) is 0 Å². The zero-order valence-corrected chi connectivity index (χ0v) is 15.0. The Kier molecular flexibility index (Phi) is 14.8. The van der Waals surface area contributed by atoms with Crippen molar-refractivity contribution in [2.45, 2.75) is 59.5 Å². The first-order valence-corrected chi connectivity index (χ1v) is 8.94. The van der Waals surface area contributed by atoms with Gasteiger partial charge in [-0.25, -0.2) is 0 Å². The topological polar surface area (TPSA) is 50.8 Å². The van der Waals surface area contributed by atoms with Crippen molar-refractivity contribution >= 4 is 5.91 Å². The summed E-state index contributed by atoms with van der Waals surface area (Å²) < 4.78 is 11.3. The molecule has 1 amide bonds. The van der Waals surface area contributed by atoms with E-state index in [0.29, 0.717) is 13.0 Å². The Balaban J connectivity index is 0.00000211. The Morgan fingerprint density at radius 1 is 1.27 bits per heavy atom. The molecule has 1 aliphatic heterocycles. The molecule has 5 nitrogen and oxygen atoms in total. The van der Waals surface area contributed by atoms with Crippen molar-refractivity contribution in [3.8, 4) is 0 Å². The van der Waals surface area contributed by atoms with Crippen LogP contribution < -0.4 is 5.32 Å². The lowest BCUT2D eigenvalue weighted by molar-refractivity contribution is -0.122. The number of hydrogen-bond acceptors (Lipinski definition) is 4. The summed E-state index contributed by atoms with van der Waals surface area (Å²) in [5, 5.41) is 2.89. The minimum Gasteiger partial charge on any atom is -0.380 e. The van der Waals surface area contributed by atoms with E-state index in [1.807, 2.05) is 20.8 Å². The standard InChI is InChI=1S/C15H30N2O3.C2H6/c1-3-5-6-9-19-10-7-17-8-11-20-14(13-17)12-16-15(18)4-2;1-2/h14H,3-13H2,1-2H3,(H,16,18);1-2H3. The number of ether oxygens (including phenoxy) is 2. The average molecular weight is 316 g/mol. The number of hydrogen-bond donors (Lipinski definition) is 1. The Morgan fingerprint density at radius 2 is 2.05 bits per heavy atom. The fraction of sp³-hybridized carbons (Fsp3) is 0.941. The fourth-order valence-electron chi connectivity index (χ4n) is 2.21. The van der Waals surface area contributed by atoms with E-state index in [-0.39, 0.29) is 12.0 Å². The van der Waals surface area contributed by atoms with E-state index < -0.39 is 0 Å². The molecule has 5 heteroatoms. The van der Waals surface area contributed by atoms with Crippen LogP contribution in [-0.4, -0.2) is 62.9 Å². The summed E-state index contributed by atoms with van der Waals surface area (Å²) >= 11 is 0. The van der Waals surface area contributed by atoms with Crippen molar-refractivity contribution in [2.75, 3.05) is 46.0 Å². The quantitative estimate of drug-likeness (QED) is 0.629. The second-order valence-electron chi connectivity index (χ2n) is 5.27. The number of carbonyl (C=O) groups is 1. The Morgan fingerprint density at radius 3 is 2.73 bits per heavy atom. The molecule has 0 aromatic heterocycles. The van der Waals surface area contributed by atoms with E-state index in [4.69, 9.17) is 9.47 Å². The van der Waals surface area contributed by atoms with Crippen LogP contribution in [0.25, 0.3) is 0 Å². The van der Waals surface area contributed by atoms with E-state index in [0.717, 1.165) is 45.9 Å². The van der Waals surface area contributed by atoms with E-state index in [1.54, 1.807) is 0 Å². The van der Waals surface area contributed by atoms with Crippen molar-refractivity contribution in [3.05, 3.63) is 0 Å². The van der Waals surface area contributed by atoms with Gasteiger partial charge in [0.05, 0.1) is 19.3 Å². The molecule has 1 N–H and O–H groups in total. The van der Waals surface area contributed by atoms with Gasteiger partial charge in [-0.05, 0) is 6.42 Å². The Hall–Kier alpha value is -0.650. The maximum Gasteiger partial charge on any atom is 0.219 e. The first-order chi connectivity index (χ1) is 10.8. The molecule has 1 unspecified atom stereocenters. The van der Waals surface area contributed by atoms with Crippen molar-refractivity contribution < 1.29 is 14.3 Å². The van der Waals surface area contributed by atoms with Crippen molar-refractivity contribution in [1.82, 2.24) is 10.2 Å². The smallest absolute Gasteiger partial charge is 0.219 e. The molecule has 132 valence electrons. The Labute approximate surface area is 136 Å². The van der Waals surface area contributed by atoms with Gasteiger partial charge in [0.2, 0.25) is 5.91 Å². The normalized spacial score (nSPS) is 18.5. The summed E-state index contributed by atoms with van der Waals surface area (Å²) in [7, 11) is 0. The molecule has 1 saturated heterocycles. The number of morpholine rings is 1. The summed E-state index contributed by atoms with van der Waals surface area (Å²) in [5.74, 6) is 0.0879. The van der Waals surface area contributed by atoms with Crippen LogP contribution in [0.4, 0.5) is 0 Å². The van der Waals surface area contributed by atoms with Crippen molar-refractivity contribution in [3.63, 3.8) is 0 Å². The second-order valence-corrected chi connectivity index (χ2v) is 5.27. The first-order valence-electron chi connectivity index (χ1n) is 8.94. The maximum atomic E-state index is 11.2. The van der Waals surface area contributed by atoms with Gasteiger partial charge in [0, 0.05) is 39.2 Å². The number of rotatable bonds is 10. The van der Waals surface area contributed by atoms with E-state index in [2.05, 4.69) is 17.1 Å². The molecule has 0 aromatic rings. The summed E-state index contributed by atoms with van der Waals surface area (Å²) in [5.41, 5.74) is 0. The molecular weight excluding hydrogens is 280 g/mol. The van der Waals surface area contributed by atoms with Gasteiger partial charge >= 0.3 is 0 Å². The molecule has 0 aromatic carbocycles. The number of nitrogens with zero attached hydrogens (tertiary/aromatic N) is 1. The van der Waals surface area contributed by atoms with Crippen molar-refractivity contribution in [1.29, 1.82) is 0 Å². The maximum absolute atomic E-state index is 11.2. The highest BCUT2D eigenvalue weighted by Gasteiger charge is 2.20. The van der Waals surface area contributed by atoms with Gasteiger partial charge in [0.1, 0.15) is 0 Å². The average Bonchev–Trinajstić information content (AvgIpc) is 2.58. The molecule has 0 saturated carbocycles. The number of unbranched alkanes of at least 4 members (excludes halogenated alkanes) is 2. The van der Waals surface area contributed by atoms with Gasteiger partial charge in [0.15, 0.2) is 0 Å². The van der Waals surface area contributed by atoms with Crippen LogP contribution in [0, 0.1) is 0 Å². The predicted octanol–water partition coefficient (Wildman–Crippen LogP) is 2.45. The summed E-state index contributed by atoms with van der Waals surface area (Å²) in [6, 6.07) is 0. The molecule has 0 bridgehead atoms. The van der Waals surface area contributed by atoms with Gasteiger partial charge in [-0.2, -0.15) is 0 Å². The van der Waals surface area contributed by atoms with E-state index in [9.17, 15) is 4.79 Å². The molecular formula is C17H36N2O3. The summed E-state index contributed by atoms with van der Waals surface area (Å²) in [4.78, 5) is 13.6. The molecule has 1 rings (SSSR count). The number of nitrogens with one attached hydrogen (secondary N) is 1. The summed E-state index contributed by atoms with van der Waals surface area (Å²) in [6.07, 6.45) is 4.28. The second kappa shape index (κ2) is 15.3. The van der Waals surface area contributed by atoms with Crippen LogP contribution in [0.5, 0.6) is 0 Å². The number of amides is 1. The Bertz CT molecular complexity index is 262. The molecule has 0 spiro atoms. The third-order valence-electron chi connectivity index (χ3n) is 3.51. The zero-order chi connectivity index (χ0) is 16.6. The van der Waals surface area contributed by atoms with Gasteiger partial charge in [-0.15, -0.1) is 0 Å². The van der Waals surface area contributed by atoms with Gasteiger partial charge in [-0.3, -0.25) is 9.69 Å². The predicted molar refractivity (Wildman–Crippen MR) is 91.2 cm³/mol. The number of carbonyl (C=O) groups excluding carboxylic acids is 1. The molecule has 22 heavy (non-hydrogen) atoms. The lowest BCUT2D eigenvalue weighted by Gasteiger charge is -2.32. The minimum atomic E-state index is 0.0879. The molecule has 1 atom stereocenters. The van der Waals surface area contributed by atoms with Gasteiger partial charge in [0.25, 0.3) is 0 Å². The highest BCUT2D eigenvalue weighted by Crippen LogP contribution is 2.04. The van der Waals surface area contributed by atoms with Crippen molar-refractivity contribution in [2.24, 2.45) is 0 Å². The fourth-order valence-corrected chi connectivity index (χ4v) is 2.21. The molecule has 1 heterocycles. The summed E-state index contributed by atoms with van der Waals surface area (Å²) in [6.45, 7) is 13.9. The molecule has 1 aliphatic rings. The molecule has 1 fully saturated rings. The molecule has 0 radical (unpaired) electrons. The highest BCUT2D eigenvalue weighted by atomic mass is 16.5. The third-order valence-corrected chi connectivity index (χ3v) is 3.51. The monoisotopic (exact) mass is 316 g/mol. The van der Waals surface area contributed by atoms with Crippen LogP contribution in [0.15, 0.2) is 0 Å². The van der Waals surface area contributed by atoms with Crippen LogP contribution in [-0.2, 0) is 14.3 Å². The SMILES string of the molecule is CC.CCCCCOCCN1CCOC(CNC(=O)CC)C1. The first kappa shape index (κ1) is 21.4. The van der Waals surface area contributed by atoms with Crippen LogP contribution >= 0.6 is 0 Å². The zero-order valence-electron chi connectivity index (χ0n) is 15.0. The minimum absolute atomic E-state index is 0.0879. The lowest BCUT2D eigenvalue weighted by Crippen LogP contribution is -2.48. The van der Waals surface area contributed by atoms with Gasteiger partial charge in [-0.1, -0.05) is 40.5 Å². The van der Waals surface area contributed by atoms with E-state index >= 15 is 0 Å². The molecule has 0 aliphatic carbocycles. The van der Waals surface area contributed by atoms with Crippen LogP contribution in [0.2, 0.25) is 0 Å².